The molecule has 0 aromatic heterocycles. The molecular formula is C30H31ClFNO5. The predicted molar refractivity (Wildman–Crippen MR) is 143 cm³/mol. The van der Waals surface area contributed by atoms with Gasteiger partial charge in [-0.1, -0.05) is 53.1 Å². The molecule has 3 aromatic carbocycles. The van der Waals surface area contributed by atoms with Gasteiger partial charge in [-0.15, -0.1) is 0 Å². The zero-order valence-corrected chi connectivity index (χ0v) is 22.2. The number of hydrogen-bond acceptors (Lipinski definition) is 4. The zero-order chi connectivity index (χ0) is 27.3. The zero-order valence-electron chi connectivity index (χ0n) is 21.5. The normalized spacial score (nSPS) is 14.6. The number of amides is 1. The highest BCUT2D eigenvalue weighted by atomic mass is 35.5. The fraction of sp³-hybridized carbons (Fsp3) is 0.333. The van der Waals surface area contributed by atoms with Crippen molar-refractivity contribution in [3.05, 3.63) is 98.8 Å². The molecule has 38 heavy (non-hydrogen) atoms. The number of ether oxygens (including phenoxy) is 2. The van der Waals surface area contributed by atoms with Crippen molar-refractivity contribution in [2.75, 3.05) is 13.2 Å². The van der Waals surface area contributed by atoms with Crippen LogP contribution in [0.5, 0.6) is 5.75 Å². The van der Waals surface area contributed by atoms with Crippen molar-refractivity contribution < 1.29 is 28.6 Å². The third-order valence-corrected chi connectivity index (χ3v) is 7.21. The maximum atomic E-state index is 14.2. The third kappa shape index (κ3) is 6.52. The van der Waals surface area contributed by atoms with Crippen molar-refractivity contribution in [2.24, 2.45) is 0 Å². The van der Waals surface area contributed by atoms with E-state index in [9.17, 15) is 19.1 Å². The minimum Gasteiger partial charge on any atom is -0.489 e. The van der Waals surface area contributed by atoms with Crippen LogP contribution in [0.15, 0.2) is 54.6 Å². The van der Waals surface area contributed by atoms with Gasteiger partial charge >= 0.3 is 5.97 Å². The lowest BCUT2D eigenvalue weighted by atomic mass is 9.81. The lowest BCUT2D eigenvalue weighted by molar-refractivity contribution is -0.136. The van der Waals surface area contributed by atoms with Gasteiger partial charge in [-0.2, -0.15) is 0 Å². The molecule has 1 fully saturated rings. The first-order chi connectivity index (χ1) is 18.2. The molecule has 1 aliphatic rings. The SMILES string of the molecule is Cc1cc(C)cc(C2(NC(=O)c3cc(OCc4c(F)cccc4Cl)ccc3CCC(=O)O)CCOCC2)c1. The Morgan fingerprint density at radius 2 is 1.79 bits per heavy atom. The molecule has 6 nitrogen and oxygen atoms in total. The van der Waals surface area contributed by atoms with Crippen LogP contribution in [0.4, 0.5) is 4.39 Å². The molecule has 0 bridgehead atoms. The molecule has 1 aliphatic heterocycles. The molecule has 1 saturated heterocycles. The van der Waals surface area contributed by atoms with Crippen molar-refractivity contribution in [3.63, 3.8) is 0 Å². The molecule has 0 radical (unpaired) electrons. The topological polar surface area (TPSA) is 84.9 Å². The Bertz CT molecular complexity index is 1300. The second-order valence-corrected chi connectivity index (χ2v) is 10.1. The summed E-state index contributed by atoms with van der Waals surface area (Å²) < 4.78 is 25.7. The molecule has 3 aromatic rings. The smallest absolute Gasteiger partial charge is 0.303 e. The highest BCUT2D eigenvalue weighted by Crippen LogP contribution is 2.34. The summed E-state index contributed by atoms with van der Waals surface area (Å²) in [6.45, 7) is 4.94. The second kappa shape index (κ2) is 12.0. The van der Waals surface area contributed by atoms with Gasteiger partial charge in [0.1, 0.15) is 18.2 Å². The highest BCUT2D eigenvalue weighted by molar-refractivity contribution is 6.31. The summed E-state index contributed by atoms with van der Waals surface area (Å²) in [5, 5.41) is 12.7. The first-order valence-corrected chi connectivity index (χ1v) is 12.9. The number of aliphatic carboxylic acids is 1. The monoisotopic (exact) mass is 539 g/mol. The average molecular weight is 540 g/mol. The molecular weight excluding hydrogens is 509 g/mol. The van der Waals surface area contributed by atoms with Crippen LogP contribution in [0.3, 0.4) is 0 Å². The van der Waals surface area contributed by atoms with Crippen LogP contribution >= 0.6 is 11.6 Å². The fourth-order valence-corrected chi connectivity index (χ4v) is 5.10. The Morgan fingerprint density at radius 3 is 2.45 bits per heavy atom. The maximum absolute atomic E-state index is 14.2. The summed E-state index contributed by atoms with van der Waals surface area (Å²) in [4.78, 5) is 25.1. The van der Waals surface area contributed by atoms with Gasteiger partial charge in [0.15, 0.2) is 0 Å². The minimum atomic E-state index is -0.956. The van der Waals surface area contributed by atoms with E-state index in [-0.39, 0.29) is 35.9 Å². The number of carbonyl (C=O) groups is 2. The van der Waals surface area contributed by atoms with Gasteiger partial charge in [0, 0.05) is 30.8 Å². The molecule has 0 aliphatic carbocycles. The average Bonchev–Trinajstić information content (AvgIpc) is 2.87. The number of carbonyl (C=O) groups excluding carboxylic acids is 1. The van der Waals surface area contributed by atoms with E-state index in [2.05, 4.69) is 23.5 Å². The molecule has 200 valence electrons. The van der Waals surface area contributed by atoms with Crippen molar-refractivity contribution in [1.82, 2.24) is 5.32 Å². The van der Waals surface area contributed by atoms with Crippen LogP contribution in [-0.2, 0) is 28.1 Å². The summed E-state index contributed by atoms with van der Waals surface area (Å²) >= 11 is 6.13. The fourth-order valence-electron chi connectivity index (χ4n) is 4.88. The molecule has 2 N–H and O–H groups in total. The van der Waals surface area contributed by atoms with Crippen LogP contribution in [0.25, 0.3) is 0 Å². The first-order valence-electron chi connectivity index (χ1n) is 12.6. The van der Waals surface area contributed by atoms with Crippen LogP contribution in [-0.4, -0.2) is 30.2 Å². The van der Waals surface area contributed by atoms with Gasteiger partial charge < -0.3 is 19.9 Å². The van der Waals surface area contributed by atoms with Crippen LogP contribution in [0.2, 0.25) is 5.02 Å². The Balaban J connectivity index is 1.65. The summed E-state index contributed by atoms with van der Waals surface area (Å²) in [5.74, 6) is -1.42. The predicted octanol–water partition coefficient (Wildman–Crippen LogP) is 6.13. The van der Waals surface area contributed by atoms with Gasteiger partial charge in [0.25, 0.3) is 5.91 Å². The number of hydrogen-bond donors (Lipinski definition) is 2. The number of halogens is 2. The van der Waals surface area contributed by atoms with Gasteiger partial charge in [0.2, 0.25) is 0 Å². The molecule has 0 saturated carbocycles. The number of carboxylic acids is 1. The van der Waals surface area contributed by atoms with E-state index in [4.69, 9.17) is 21.1 Å². The lowest BCUT2D eigenvalue weighted by Crippen LogP contribution is -2.49. The number of carboxylic acid groups (broad SMARTS) is 1. The Morgan fingerprint density at radius 1 is 1.08 bits per heavy atom. The Hall–Kier alpha value is -3.42. The molecule has 0 spiro atoms. The molecule has 8 heteroatoms. The van der Waals surface area contributed by atoms with E-state index in [1.807, 2.05) is 13.8 Å². The Labute approximate surface area is 226 Å². The number of aryl methyl sites for hydroxylation is 3. The van der Waals surface area contributed by atoms with E-state index < -0.39 is 17.3 Å². The summed E-state index contributed by atoms with van der Waals surface area (Å²) in [7, 11) is 0. The highest BCUT2D eigenvalue weighted by Gasteiger charge is 2.37. The van der Waals surface area contributed by atoms with Crippen molar-refractivity contribution in [3.8, 4) is 5.75 Å². The lowest BCUT2D eigenvalue weighted by Gasteiger charge is -2.39. The summed E-state index contributed by atoms with van der Waals surface area (Å²) in [6, 6.07) is 15.6. The number of rotatable bonds is 9. The van der Waals surface area contributed by atoms with Crippen LogP contribution in [0.1, 0.15) is 57.4 Å². The molecule has 1 heterocycles. The summed E-state index contributed by atoms with van der Waals surface area (Å²) in [6.07, 6.45) is 1.26. The standard InChI is InChI=1S/C30H31ClFNO5/c1-19-14-20(2)16-22(15-19)30(10-12-37-13-11-30)33-29(36)24-17-23(8-6-21(24)7-9-28(34)35)38-18-25-26(31)4-3-5-27(25)32/h3-6,8,14-17H,7,9-13,18H2,1-2H3,(H,33,36)(H,34,35). The number of benzene rings is 3. The molecule has 0 unspecified atom stereocenters. The Kier molecular flexibility index (Phi) is 8.69. The van der Waals surface area contributed by atoms with E-state index in [1.165, 1.54) is 12.1 Å². The summed E-state index contributed by atoms with van der Waals surface area (Å²) in [5.41, 5.74) is 3.70. The van der Waals surface area contributed by atoms with Crippen LogP contribution < -0.4 is 10.1 Å². The molecule has 0 atom stereocenters. The largest absolute Gasteiger partial charge is 0.489 e. The van der Waals surface area contributed by atoms with Crippen molar-refractivity contribution >= 4 is 23.5 Å². The molecule has 4 rings (SSSR count). The third-order valence-electron chi connectivity index (χ3n) is 6.85. The second-order valence-electron chi connectivity index (χ2n) is 9.73. The van der Waals surface area contributed by atoms with Gasteiger partial charge in [0.05, 0.1) is 10.6 Å². The van der Waals surface area contributed by atoms with E-state index in [0.717, 1.165) is 16.7 Å². The van der Waals surface area contributed by atoms with Gasteiger partial charge in [-0.25, -0.2) is 4.39 Å². The van der Waals surface area contributed by atoms with Crippen molar-refractivity contribution in [1.29, 1.82) is 0 Å². The van der Waals surface area contributed by atoms with E-state index >= 15 is 0 Å². The quantitative estimate of drug-likeness (QED) is 0.342. The first kappa shape index (κ1) is 27.6. The van der Waals surface area contributed by atoms with E-state index in [1.54, 1.807) is 24.3 Å². The van der Waals surface area contributed by atoms with Crippen molar-refractivity contribution in [2.45, 2.75) is 51.7 Å². The van der Waals surface area contributed by atoms with Crippen LogP contribution in [0, 0.1) is 19.7 Å². The van der Waals surface area contributed by atoms with Gasteiger partial charge in [-0.05, 0) is 68.5 Å². The van der Waals surface area contributed by atoms with Gasteiger partial charge in [-0.3, -0.25) is 9.59 Å². The maximum Gasteiger partial charge on any atom is 0.303 e. The molecule has 1 amide bonds. The number of nitrogens with one attached hydrogen (secondary N) is 1. The minimum absolute atomic E-state index is 0.120. The van der Waals surface area contributed by atoms with E-state index in [0.29, 0.717) is 42.9 Å².